The fourth-order valence-electron chi connectivity index (χ4n) is 1.86. The summed E-state index contributed by atoms with van der Waals surface area (Å²) < 4.78 is 27.1. The van der Waals surface area contributed by atoms with Crippen molar-refractivity contribution in [3.63, 3.8) is 0 Å². The van der Waals surface area contributed by atoms with Gasteiger partial charge in [0.25, 0.3) is 10.2 Å². The van der Waals surface area contributed by atoms with E-state index in [9.17, 15) is 8.42 Å². The average molecular weight is 235 g/mol. The molecule has 1 fully saturated rings. The summed E-state index contributed by atoms with van der Waals surface area (Å²) in [6.45, 7) is 3.35. The van der Waals surface area contributed by atoms with Gasteiger partial charge in [-0.15, -0.1) is 0 Å². The van der Waals surface area contributed by atoms with Crippen LogP contribution in [0.3, 0.4) is 0 Å². The lowest BCUT2D eigenvalue weighted by Gasteiger charge is -2.36. The zero-order valence-electron chi connectivity index (χ0n) is 9.52. The highest BCUT2D eigenvalue weighted by molar-refractivity contribution is 7.86. The minimum Gasteiger partial charge on any atom is -0.329 e. The van der Waals surface area contributed by atoms with Crippen LogP contribution in [-0.2, 0) is 10.2 Å². The molecule has 0 bridgehead atoms. The molecule has 1 rings (SSSR count). The molecule has 1 atom stereocenters. The molecule has 1 aliphatic heterocycles. The van der Waals surface area contributed by atoms with Gasteiger partial charge in [0.2, 0.25) is 0 Å². The molecule has 90 valence electrons. The van der Waals surface area contributed by atoms with E-state index >= 15 is 0 Å². The largest absolute Gasteiger partial charge is 0.329 e. The van der Waals surface area contributed by atoms with Crippen LogP contribution in [0.2, 0.25) is 0 Å². The Morgan fingerprint density at radius 1 is 1.47 bits per heavy atom. The summed E-state index contributed by atoms with van der Waals surface area (Å²) in [4.78, 5) is 0. The van der Waals surface area contributed by atoms with Gasteiger partial charge in [-0.3, -0.25) is 0 Å². The Labute approximate surface area is 92.4 Å². The molecule has 0 radical (unpaired) electrons. The quantitative estimate of drug-likeness (QED) is 0.745. The van der Waals surface area contributed by atoms with Crippen LogP contribution in [0, 0.1) is 0 Å². The highest BCUT2D eigenvalue weighted by atomic mass is 32.2. The molecule has 0 saturated carbocycles. The monoisotopic (exact) mass is 235 g/mol. The van der Waals surface area contributed by atoms with Crippen molar-refractivity contribution < 1.29 is 8.42 Å². The Morgan fingerprint density at radius 2 is 2.13 bits per heavy atom. The predicted molar refractivity (Wildman–Crippen MR) is 60.6 cm³/mol. The summed E-state index contributed by atoms with van der Waals surface area (Å²) in [5.74, 6) is 0. The second-order valence-electron chi connectivity index (χ2n) is 3.92. The van der Waals surface area contributed by atoms with E-state index in [2.05, 4.69) is 0 Å². The molecule has 1 saturated heterocycles. The zero-order chi connectivity index (χ0) is 11.5. The molecule has 0 amide bonds. The summed E-state index contributed by atoms with van der Waals surface area (Å²) in [6.07, 6.45) is 2.89. The minimum atomic E-state index is -3.29. The van der Waals surface area contributed by atoms with E-state index in [0.29, 0.717) is 19.6 Å². The summed E-state index contributed by atoms with van der Waals surface area (Å²) in [5, 5.41) is 0. The molecule has 0 aliphatic carbocycles. The van der Waals surface area contributed by atoms with E-state index < -0.39 is 10.2 Å². The van der Waals surface area contributed by atoms with E-state index in [1.165, 1.54) is 4.31 Å². The van der Waals surface area contributed by atoms with Gasteiger partial charge in [-0.1, -0.05) is 13.3 Å². The number of nitrogens with two attached hydrogens (primary N) is 1. The van der Waals surface area contributed by atoms with Gasteiger partial charge in [-0.05, 0) is 12.8 Å². The van der Waals surface area contributed by atoms with Crippen molar-refractivity contribution >= 4 is 10.2 Å². The van der Waals surface area contributed by atoms with Crippen molar-refractivity contribution in [1.82, 2.24) is 8.61 Å². The number of piperidine rings is 1. The number of nitrogens with zero attached hydrogens (tertiary/aromatic N) is 2. The molecule has 1 aliphatic rings. The van der Waals surface area contributed by atoms with Crippen molar-refractivity contribution in [1.29, 1.82) is 0 Å². The molecule has 6 heteroatoms. The van der Waals surface area contributed by atoms with E-state index in [0.717, 1.165) is 19.3 Å². The third kappa shape index (κ3) is 2.69. The molecular weight excluding hydrogens is 214 g/mol. The fourth-order valence-corrected chi connectivity index (χ4v) is 3.47. The van der Waals surface area contributed by atoms with Gasteiger partial charge < -0.3 is 5.73 Å². The molecule has 0 aromatic heterocycles. The first-order valence-electron chi connectivity index (χ1n) is 5.47. The summed E-state index contributed by atoms with van der Waals surface area (Å²) >= 11 is 0. The molecule has 1 unspecified atom stereocenters. The Morgan fingerprint density at radius 3 is 2.67 bits per heavy atom. The normalized spacial score (nSPS) is 24.7. The van der Waals surface area contributed by atoms with E-state index in [4.69, 9.17) is 5.73 Å². The first kappa shape index (κ1) is 12.9. The van der Waals surface area contributed by atoms with Crippen LogP contribution in [0.15, 0.2) is 0 Å². The second-order valence-corrected chi connectivity index (χ2v) is 5.91. The highest BCUT2D eigenvalue weighted by Crippen LogP contribution is 2.21. The molecular formula is C9H21N3O2S. The number of hydrogen-bond acceptors (Lipinski definition) is 3. The smallest absolute Gasteiger partial charge is 0.282 e. The summed E-state index contributed by atoms with van der Waals surface area (Å²) in [6, 6.07) is -0.0160. The topological polar surface area (TPSA) is 66.6 Å². The van der Waals surface area contributed by atoms with E-state index in [1.807, 2.05) is 6.92 Å². The number of hydrogen-bond donors (Lipinski definition) is 1. The predicted octanol–water partition coefficient (Wildman–Crippen LogP) is -0.00390. The van der Waals surface area contributed by atoms with Crippen molar-refractivity contribution in [3.8, 4) is 0 Å². The Bertz CT molecular complexity index is 292. The SMILES string of the molecule is CCN(C)S(=O)(=O)N1CCCCC1CN. The first-order chi connectivity index (χ1) is 7.04. The van der Waals surface area contributed by atoms with Crippen LogP contribution in [0.25, 0.3) is 0 Å². The van der Waals surface area contributed by atoms with Crippen LogP contribution in [0.4, 0.5) is 0 Å². The lowest BCUT2D eigenvalue weighted by atomic mass is 10.1. The van der Waals surface area contributed by atoms with Gasteiger partial charge in [-0.25, -0.2) is 0 Å². The maximum atomic E-state index is 12.1. The standard InChI is InChI=1S/C9H21N3O2S/c1-3-11(2)15(13,14)12-7-5-4-6-9(12)8-10/h9H,3-8,10H2,1-2H3. The van der Waals surface area contributed by atoms with Gasteiger partial charge in [0, 0.05) is 32.7 Å². The van der Waals surface area contributed by atoms with Gasteiger partial charge in [0.05, 0.1) is 0 Å². The van der Waals surface area contributed by atoms with Gasteiger partial charge in [0.1, 0.15) is 0 Å². The Kier molecular flexibility index (Phi) is 4.51. The van der Waals surface area contributed by atoms with Crippen molar-refractivity contribution in [2.75, 3.05) is 26.7 Å². The minimum absolute atomic E-state index is 0.0160. The highest BCUT2D eigenvalue weighted by Gasteiger charge is 2.33. The second kappa shape index (κ2) is 5.25. The lowest BCUT2D eigenvalue weighted by Crippen LogP contribution is -2.52. The van der Waals surface area contributed by atoms with Crippen LogP contribution in [-0.4, -0.2) is 49.8 Å². The maximum absolute atomic E-state index is 12.1. The van der Waals surface area contributed by atoms with Crippen LogP contribution in [0.1, 0.15) is 26.2 Å². The third-order valence-corrected chi connectivity index (χ3v) is 5.10. The molecule has 2 N–H and O–H groups in total. The summed E-state index contributed by atoms with van der Waals surface area (Å²) in [5.41, 5.74) is 5.61. The Hall–Kier alpha value is -0.170. The van der Waals surface area contributed by atoms with Gasteiger partial charge in [-0.2, -0.15) is 17.0 Å². The first-order valence-corrected chi connectivity index (χ1v) is 6.87. The maximum Gasteiger partial charge on any atom is 0.282 e. The third-order valence-electron chi connectivity index (χ3n) is 2.98. The van der Waals surface area contributed by atoms with Crippen LogP contribution < -0.4 is 5.73 Å². The van der Waals surface area contributed by atoms with Crippen molar-refractivity contribution in [3.05, 3.63) is 0 Å². The lowest BCUT2D eigenvalue weighted by molar-refractivity contribution is 0.242. The molecule has 15 heavy (non-hydrogen) atoms. The van der Waals surface area contributed by atoms with Crippen LogP contribution in [0.5, 0.6) is 0 Å². The molecule has 5 nitrogen and oxygen atoms in total. The van der Waals surface area contributed by atoms with E-state index in [1.54, 1.807) is 11.4 Å². The zero-order valence-corrected chi connectivity index (χ0v) is 10.3. The Balaban J connectivity index is 2.83. The molecule has 0 aromatic carbocycles. The van der Waals surface area contributed by atoms with Crippen molar-refractivity contribution in [2.45, 2.75) is 32.2 Å². The van der Waals surface area contributed by atoms with Gasteiger partial charge in [0.15, 0.2) is 0 Å². The fraction of sp³-hybridized carbons (Fsp3) is 1.00. The van der Waals surface area contributed by atoms with Crippen LogP contribution >= 0.6 is 0 Å². The summed E-state index contributed by atoms with van der Waals surface area (Å²) in [7, 11) is -1.68. The average Bonchev–Trinajstić information content (AvgIpc) is 2.27. The number of rotatable bonds is 4. The van der Waals surface area contributed by atoms with Crippen molar-refractivity contribution in [2.24, 2.45) is 5.73 Å². The molecule has 0 aromatic rings. The van der Waals surface area contributed by atoms with E-state index in [-0.39, 0.29) is 6.04 Å². The van der Waals surface area contributed by atoms with Gasteiger partial charge >= 0.3 is 0 Å². The molecule has 0 spiro atoms. The molecule has 1 heterocycles.